The third kappa shape index (κ3) is 2.18. The lowest BCUT2D eigenvalue weighted by molar-refractivity contribution is -0.137. The molecule has 18 heavy (non-hydrogen) atoms. The smallest absolute Gasteiger partial charge is 0.225 e. The number of carbonyl (C=O) groups is 1. The van der Waals surface area contributed by atoms with E-state index in [-0.39, 0.29) is 0 Å². The maximum Gasteiger partial charge on any atom is 0.225 e. The first-order valence-corrected chi connectivity index (χ1v) is 7.64. The minimum atomic E-state index is 0.339. The SMILES string of the molecule is CC1CCC(C(=O)N2CC[C@H]3CN(C)C[C@H]32)CC1. The van der Waals surface area contributed by atoms with Gasteiger partial charge in [0, 0.05) is 31.6 Å². The molecule has 3 heteroatoms. The van der Waals surface area contributed by atoms with E-state index in [0.29, 0.717) is 17.9 Å². The van der Waals surface area contributed by atoms with Gasteiger partial charge in [-0.1, -0.05) is 6.92 Å². The van der Waals surface area contributed by atoms with E-state index in [0.717, 1.165) is 37.8 Å². The molecule has 102 valence electrons. The Labute approximate surface area is 111 Å². The Morgan fingerprint density at radius 2 is 1.78 bits per heavy atom. The Bertz CT molecular complexity index is 322. The van der Waals surface area contributed by atoms with Gasteiger partial charge in [-0.3, -0.25) is 4.79 Å². The molecule has 3 rings (SSSR count). The van der Waals surface area contributed by atoms with E-state index >= 15 is 0 Å². The van der Waals surface area contributed by atoms with E-state index in [9.17, 15) is 4.79 Å². The second-order valence-electron chi connectivity index (χ2n) is 6.83. The lowest BCUT2D eigenvalue weighted by Gasteiger charge is -2.32. The quantitative estimate of drug-likeness (QED) is 0.710. The fraction of sp³-hybridized carbons (Fsp3) is 0.933. The van der Waals surface area contributed by atoms with Crippen LogP contribution >= 0.6 is 0 Å². The van der Waals surface area contributed by atoms with Crippen LogP contribution in [0, 0.1) is 17.8 Å². The molecule has 2 atom stereocenters. The summed E-state index contributed by atoms with van der Waals surface area (Å²) in [5.41, 5.74) is 0. The number of hydrogen-bond acceptors (Lipinski definition) is 2. The Morgan fingerprint density at radius 1 is 1.06 bits per heavy atom. The largest absolute Gasteiger partial charge is 0.338 e. The van der Waals surface area contributed by atoms with Gasteiger partial charge in [-0.15, -0.1) is 0 Å². The van der Waals surface area contributed by atoms with E-state index in [1.54, 1.807) is 0 Å². The molecule has 0 radical (unpaired) electrons. The van der Waals surface area contributed by atoms with Crippen molar-refractivity contribution < 1.29 is 4.79 Å². The molecule has 0 N–H and O–H groups in total. The van der Waals surface area contributed by atoms with Crippen molar-refractivity contribution in [3.8, 4) is 0 Å². The standard InChI is InChI=1S/C15H26N2O/c1-11-3-5-12(6-4-11)15(18)17-8-7-13-9-16(2)10-14(13)17/h11-14H,3-10H2,1-2H3/t11?,12?,13-,14+/m0/s1. The summed E-state index contributed by atoms with van der Waals surface area (Å²) in [5.74, 6) is 2.40. The lowest BCUT2D eigenvalue weighted by atomic mass is 9.82. The van der Waals surface area contributed by atoms with Crippen LogP contribution < -0.4 is 0 Å². The Morgan fingerprint density at radius 3 is 2.50 bits per heavy atom. The number of likely N-dealkylation sites (N-methyl/N-ethyl adjacent to an activating group) is 1. The zero-order valence-corrected chi connectivity index (χ0v) is 11.8. The van der Waals surface area contributed by atoms with Gasteiger partial charge < -0.3 is 9.80 Å². The maximum absolute atomic E-state index is 12.7. The van der Waals surface area contributed by atoms with Crippen LogP contribution in [0.1, 0.15) is 39.0 Å². The second kappa shape index (κ2) is 4.84. The third-order valence-corrected chi connectivity index (χ3v) is 5.38. The maximum atomic E-state index is 12.7. The molecule has 2 aliphatic heterocycles. The van der Waals surface area contributed by atoms with Crippen molar-refractivity contribution >= 4 is 5.91 Å². The van der Waals surface area contributed by atoms with E-state index in [1.807, 2.05) is 0 Å². The zero-order valence-electron chi connectivity index (χ0n) is 11.8. The van der Waals surface area contributed by atoms with Crippen LogP contribution in [0.4, 0.5) is 0 Å². The predicted molar refractivity (Wildman–Crippen MR) is 72.2 cm³/mol. The molecule has 1 saturated carbocycles. The molecule has 1 aliphatic carbocycles. The van der Waals surface area contributed by atoms with Crippen molar-refractivity contribution in [3.05, 3.63) is 0 Å². The van der Waals surface area contributed by atoms with Crippen LogP contribution in [-0.4, -0.2) is 48.4 Å². The molecule has 0 aromatic heterocycles. The first-order chi connectivity index (χ1) is 8.65. The van der Waals surface area contributed by atoms with Gasteiger partial charge in [0.25, 0.3) is 0 Å². The van der Waals surface area contributed by atoms with Gasteiger partial charge in [-0.2, -0.15) is 0 Å². The molecule has 3 fully saturated rings. The van der Waals surface area contributed by atoms with Gasteiger partial charge in [0.1, 0.15) is 0 Å². The van der Waals surface area contributed by atoms with Crippen LogP contribution in [0.15, 0.2) is 0 Å². The molecular weight excluding hydrogens is 224 g/mol. The molecule has 2 heterocycles. The summed E-state index contributed by atoms with van der Waals surface area (Å²) in [7, 11) is 2.18. The average molecular weight is 250 g/mol. The number of fused-ring (bicyclic) bond motifs is 1. The van der Waals surface area contributed by atoms with Crippen molar-refractivity contribution in [2.45, 2.75) is 45.1 Å². The van der Waals surface area contributed by atoms with Crippen molar-refractivity contribution in [3.63, 3.8) is 0 Å². The first kappa shape index (κ1) is 12.5. The topological polar surface area (TPSA) is 23.6 Å². The fourth-order valence-electron chi connectivity index (χ4n) is 4.19. The van der Waals surface area contributed by atoms with E-state index < -0.39 is 0 Å². The van der Waals surface area contributed by atoms with Crippen LogP contribution in [-0.2, 0) is 4.79 Å². The number of carbonyl (C=O) groups excluding carboxylic acids is 1. The number of nitrogens with zero attached hydrogens (tertiary/aromatic N) is 2. The van der Waals surface area contributed by atoms with Gasteiger partial charge in [-0.25, -0.2) is 0 Å². The summed E-state index contributed by atoms with van der Waals surface area (Å²) in [5, 5.41) is 0. The van der Waals surface area contributed by atoms with E-state index in [2.05, 4.69) is 23.8 Å². The number of amides is 1. The van der Waals surface area contributed by atoms with Crippen molar-refractivity contribution in [1.82, 2.24) is 9.80 Å². The number of hydrogen-bond donors (Lipinski definition) is 0. The highest BCUT2D eigenvalue weighted by Crippen LogP contribution is 2.35. The Kier molecular flexibility index (Phi) is 3.35. The van der Waals surface area contributed by atoms with Crippen LogP contribution in [0.3, 0.4) is 0 Å². The van der Waals surface area contributed by atoms with Gasteiger partial charge in [0.2, 0.25) is 5.91 Å². The highest BCUT2D eigenvalue weighted by Gasteiger charge is 2.43. The van der Waals surface area contributed by atoms with Crippen LogP contribution in [0.2, 0.25) is 0 Å². The summed E-state index contributed by atoms with van der Waals surface area (Å²) in [6, 6.07) is 0.529. The minimum absolute atomic E-state index is 0.339. The Hall–Kier alpha value is -0.570. The highest BCUT2D eigenvalue weighted by molar-refractivity contribution is 5.79. The van der Waals surface area contributed by atoms with Crippen LogP contribution in [0.25, 0.3) is 0 Å². The number of likely N-dealkylation sites (tertiary alicyclic amines) is 2. The van der Waals surface area contributed by atoms with Crippen LogP contribution in [0.5, 0.6) is 0 Å². The second-order valence-corrected chi connectivity index (χ2v) is 6.83. The summed E-state index contributed by atoms with van der Waals surface area (Å²) >= 11 is 0. The molecule has 0 bridgehead atoms. The zero-order chi connectivity index (χ0) is 12.7. The molecule has 1 amide bonds. The molecular formula is C15H26N2O. The lowest BCUT2D eigenvalue weighted by Crippen LogP contribution is -2.43. The third-order valence-electron chi connectivity index (χ3n) is 5.38. The number of rotatable bonds is 1. The normalized spacial score (nSPS) is 41.1. The summed E-state index contributed by atoms with van der Waals surface area (Å²) in [4.78, 5) is 17.3. The summed E-state index contributed by atoms with van der Waals surface area (Å²) < 4.78 is 0. The van der Waals surface area contributed by atoms with Crippen molar-refractivity contribution in [2.24, 2.45) is 17.8 Å². The minimum Gasteiger partial charge on any atom is -0.338 e. The monoisotopic (exact) mass is 250 g/mol. The molecule has 2 saturated heterocycles. The summed E-state index contributed by atoms with van der Waals surface area (Å²) in [6.45, 7) is 5.63. The highest BCUT2D eigenvalue weighted by atomic mass is 16.2. The van der Waals surface area contributed by atoms with Gasteiger partial charge in [-0.05, 0) is 51.0 Å². The molecule has 3 nitrogen and oxygen atoms in total. The van der Waals surface area contributed by atoms with Gasteiger partial charge in [0.15, 0.2) is 0 Å². The summed E-state index contributed by atoms with van der Waals surface area (Å²) in [6.07, 6.45) is 5.98. The molecule has 0 unspecified atom stereocenters. The van der Waals surface area contributed by atoms with Crippen molar-refractivity contribution in [2.75, 3.05) is 26.7 Å². The molecule has 0 aromatic rings. The Balaban J connectivity index is 1.63. The van der Waals surface area contributed by atoms with E-state index in [4.69, 9.17) is 0 Å². The molecule has 3 aliphatic rings. The first-order valence-electron chi connectivity index (χ1n) is 7.64. The average Bonchev–Trinajstić information content (AvgIpc) is 2.88. The van der Waals surface area contributed by atoms with E-state index in [1.165, 1.54) is 25.8 Å². The fourth-order valence-corrected chi connectivity index (χ4v) is 4.19. The van der Waals surface area contributed by atoms with Crippen molar-refractivity contribution in [1.29, 1.82) is 0 Å². The predicted octanol–water partition coefficient (Wildman–Crippen LogP) is 1.98. The van der Waals surface area contributed by atoms with Gasteiger partial charge in [0.05, 0.1) is 0 Å². The molecule has 0 spiro atoms. The van der Waals surface area contributed by atoms with Gasteiger partial charge >= 0.3 is 0 Å². The molecule has 0 aromatic carbocycles.